The van der Waals surface area contributed by atoms with E-state index in [0.717, 1.165) is 6.42 Å². The number of nitrogens with two attached hydrogens (primary N) is 1. The number of nitrogens with zero attached hydrogens (tertiary/aromatic N) is 4. The predicted octanol–water partition coefficient (Wildman–Crippen LogP) is 2.61. The monoisotopic (exact) mass is 529 g/mol. The molecular weight excluding hydrogens is 500 g/mol. The lowest BCUT2D eigenvalue weighted by molar-refractivity contribution is 0.0268. The van der Waals surface area contributed by atoms with Gasteiger partial charge in [-0.2, -0.15) is 10.4 Å². The third-order valence-corrected chi connectivity index (χ3v) is 4.52. The van der Waals surface area contributed by atoms with Crippen LogP contribution in [0.3, 0.4) is 0 Å². The molecule has 0 saturated heterocycles. The Morgan fingerprint density at radius 3 is 2.57 bits per heavy atom. The van der Waals surface area contributed by atoms with Crippen molar-refractivity contribution in [2.75, 3.05) is 33.0 Å². The second-order valence-corrected chi connectivity index (χ2v) is 7.13. The van der Waals surface area contributed by atoms with Crippen LogP contribution in [-0.4, -0.2) is 48.6 Å². The molecule has 10 heteroatoms. The number of nitrogen functional groups attached to an aromatic ring is 1. The molecule has 30 heavy (non-hydrogen) atoms. The van der Waals surface area contributed by atoms with Gasteiger partial charge >= 0.3 is 0 Å². The summed E-state index contributed by atoms with van der Waals surface area (Å²) in [6.07, 6.45) is 1.29. The van der Waals surface area contributed by atoms with Crippen molar-refractivity contribution in [1.29, 1.82) is 5.26 Å². The van der Waals surface area contributed by atoms with Crippen molar-refractivity contribution < 1.29 is 9.13 Å². The van der Waals surface area contributed by atoms with Crippen LogP contribution in [0.25, 0.3) is 5.69 Å². The third-order valence-electron chi connectivity index (χ3n) is 4.52. The van der Waals surface area contributed by atoms with Crippen molar-refractivity contribution in [3.05, 3.63) is 41.3 Å². The maximum atomic E-state index is 13.2. The molecule has 0 atom stereocenters. The van der Waals surface area contributed by atoms with Crippen LogP contribution in [0.5, 0.6) is 0 Å². The van der Waals surface area contributed by atoms with Gasteiger partial charge in [0, 0.05) is 27.2 Å². The Kier molecular flexibility index (Phi) is 10.0. The second kappa shape index (κ2) is 11.7. The Bertz CT molecular complexity index is 888. The number of methoxy groups -OCH3 is 1. The first-order chi connectivity index (χ1) is 13.8. The number of anilines is 1. The fourth-order valence-electron chi connectivity index (χ4n) is 2.61. The number of guanidine groups is 1. The zero-order valence-electron chi connectivity index (χ0n) is 17.7. The van der Waals surface area contributed by atoms with E-state index in [2.05, 4.69) is 26.8 Å². The molecule has 0 bridgehead atoms. The number of rotatable bonds is 8. The van der Waals surface area contributed by atoms with Gasteiger partial charge in [-0.25, -0.2) is 9.07 Å². The van der Waals surface area contributed by atoms with Gasteiger partial charge in [0.15, 0.2) is 5.96 Å². The number of aliphatic imine (C=N–C) groups is 1. The van der Waals surface area contributed by atoms with Crippen LogP contribution in [0.15, 0.2) is 29.3 Å². The predicted molar refractivity (Wildman–Crippen MR) is 127 cm³/mol. The molecule has 1 aromatic heterocycles. The molecule has 0 spiro atoms. The maximum absolute atomic E-state index is 13.2. The van der Waals surface area contributed by atoms with E-state index in [1.165, 1.54) is 16.8 Å². The van der Waals surface area contributed by atoms with Crippen molar-refractivity contribution in [2.45, 2.75) is 32.3 Å². The van der Waals surface area contributed by atoms with Crippen LogP contribution in [0.1, 0.15) is 31.5 Å². The smallest absolute Gasteiger partial charge is 0.191 e. The molecule has 0 aliphatic rings. The van der Waals surface area contributed by atoms with Crippen molar-refractivity contribution in [3.63, 3.8) is 0 Å². The lowest BCUT2D eigenvalue weighted by Gasteiger charge is -2.24. The molecule has 0 radical (unpaired) electrons. The highest BCUT2D eigenvalue weighted by atomic mass is 127. The molecular formula is C20H29FIN7O. The van der Waals surface area contributed by atoms with E-state index in [9.17, 15) is 9.65 Å². The molecule has 4 N–H and O–H groups in total. The van der Waals surface area contributed by atoms with Crippen molar-refractivity contribution >= 4 is 35.8 Å². The Morgan fingerprint density at radius 1 is 1.33 bits per heavy atom. The Hall–Kier alpha value is -2.39. The van der Waals surface area contributed by atoms with E-state index < -0.39 is 0 Å². The highest BCUT2D eigenvalue weighted by Crippen LogP contribution is 2.21. The van der Waals surface area contributed by atoms with Gasteiger partial charge < -0.3 is 21.1 Å². The number of nitriles is 1. The SMILES string of the molecule is CN=C(NCCCc1nn(-c2ccc(F)cc2)c(N)c1C#N)NCC(C)(C)OC.I. The number of benzene rings is 1. The standard InChI is InChI=1S/C20H28FN7O.HI/c1-20(2,29-4)13-26-19(24-3)25-11-5-6-17-16(12-22)18(23)28(27-17)15-9-7-14(21)8-10-15;/h7-10H,5-6,11,13,23H2,1-4H3,(H2,24,25,26);1H. The Morgan fingerprint density at radius 2 is 2.00 bits per heavy atom. The molecule has 0 fully saturated rings. The van der Waals surface area contributed by atoms with Gasteiger partial charge in [-0.3, -0.25) is 4.99 Å². The summed E-state index contributed by atoms with van der Waals surface area (Å²) in [6, 6.07) is 7.92. The highest BCUT2D eigenvalue weighted by Gasteiger charge is 2.17. The lowest BCUT2D eigenvalue weighted by Crippen LogP contribution is -2.45. The van der Waals surface area contributed by atoms with Crippen molar-refractivity contribution in [3.8, 4) is 11.8 Å². The van der Waals surface area contributed by atoms with E-state index in [0.29, 0.717) is 42.4 Å². The van der Waals surface area contributed by atoms with Gasteiger partial charge in [0.25, 0.3) is 0 Å². The minimum Gasteiger partial charge on any atom is -0.382 e. The maximum Gasteiger partial charge on any atom is 0.191 e. The summed E-state index contributed by atoms with van der Waals surface area (Å²) in [5.74, 6) is 0.579. The van der Waals surface area contributed by atoms with E-state index in [-0.39, 0.29) is 41.2 Å². The van der Waals surface area contributed by atoms with Gasteiger partial charge in [0.05, 0.1) is 17.0 Å². The minimum atomic E-state index is -0.345. The van der Waals surface area contributed by atoms with E-state index in [4.69, 9.17) is 10.5 Å². The summed E-state index contributed by atoms with van der Waals surface area (Å²) in [4.78, 5) is 4.18. The van der Waals surface area contributed by atoms with E-state index >= 15 is 0 Å². The summed E-state index contributed by atoms with van der Waals surface area (Å²) in [7, 11) is 3.37. The number of aromatic nitrogens is 2. The van der Waals surface area contributed by atoms with Crippen LogP contribution in [-0.2, 0) is 11.2 Å². The first-order valence-electron chi connectivity index (χ1n) is 9.34. The van der Waals surface area contributed by atoms with Crippen LogP contribution < -0.4 is 16.4 Å². The van der Waals surface area contributed by atoms with Crippen molar-refractivity contribution in [1.82, 2.24) is 20.4 Å². The van der Waals surface area contributed by atoms with E-state index in [1.54, 1.807) is 26.3 Å². The molecule has 2 aromatic rings. The summed E-state index contributed by atoms with van der Waals surface area (Å²) in [5, 5.41) is 20.3. The van der Waals surface area contributed by atoms with E-state index in [1.807, 2.05) is 13.8 Å². The first kappa shape index (κ1) is 25.6. The number of hydrogen-bond donors (Lipinski definition) is 3. The van der Waals surface area contributed by atoms with Crippen molar-refractivity contribution in [2.24, 2.45) is 4.99 Å². The summed E-state index contributed by atoms with van der Waals surface area (Å²) < 4.78 is 20.0. The van der Waals surface area contributed by atoms with Gasteiger partial charge in [0.1, 0.15) is 23.3 Å². The molecule has 2 rings (SSSR count). The van der Waals surface area contributed by atoms with Crippen LogP contribution >= 0.6 is 24.0 Å². The molecule has 0 saturated carbocycles. The molecule has 0 unspecified atom stereocenters. The normalized spacial score (nSPS) is 11.5. The Labute approximate surface area is 193 Å². The van der Waals surface area contributed by atoms with Gasteiger partial charge in [0.2, 0.25) is 0 Å². The lowest BCUT2D eigenvalue weighted by atomic mass is 10.1. The molecule has 0 amide bonds. The molecule has 8 nitrogen and oxygen atoms in total. The van der Waals surface area contributed by atoms with Gasteiger partial charge in [-0.15, -0.1) is 24.0 Å². The fourth-order valence-corrected chi connectivity index (χ4v) is 2.61. The average molecular weight is 529 g/mol. The van der Waals surface area contributed by atoms with Gasteiger partial charge in [-0.1, -0.05) is 0 Å². The molecule has 0 aliphatic carbocycles. The zero-order chi connectivity index (χ0) is 21.4. The van der Waals surface area contributed by atoms with Crippen LogP contribution in [0.2, 0.25) is 0 Å². The Balaban J connectivity index is 0.00000450. The summed E-state index contributed by atoms with van der Waals surface area (Å²) >= 11 is 0. The molecule has 1 heterocycles. The highest BCUT2D eigenvalue weighted by molar-refractivity contribution is 14.0. The number of nitrogens with one attached hydrogen (secondary N) is 2. The summed E-state index contributed by atoms with van der Waals surface area (Å²) in [6.45, 7) is 5.22. The average Bonchev–Trinajstić information content (AvgIpc) is 3.03. The molecule has 1 aromatic carbocycles. The number of aryl methyl sites for hydroxylation is 1. The van der Waals surface area contributed by atoms with Crippen LogP contribution in [0.4, 0.5) is 10.2 Å². The number of halogens is 2. The molecule has 164 valence electrons. The third kappa shape index (κ3) is 6.84. The number of hydrogen-bond acceptors (Lipinski definition) is 5. The fraction of sp³-hybridized carbons (Fsp3) is 0.450. The quantitative estimate of drug-likeness (QED) is 0.210. The summed E-state index contributed by atoms with van der Waals surface area (Å²) in [5.41, 5.74) is 7.34. The molecule has 0 aliphatic heterocycles. The minimum absolute atomic E-state index is 0. The topological polar surface area (TPSA) is 113 Å². The van der Waals surface area contributed by atoms with Crippen LogP contribution in [0, 0.1) is 17.1 Å². The zero-order valence-corrected chi connectivity index (χ0v) is 20.0. The second-order valence-electron chi connectivity index (χ2n) is 7.13. The first-order valence-corrected chi connectivity index (χ1v) is 9.34. The number of ether oxygens (including phenoxy) is 1. The largest absolute Gasteiger partial charge is 0.382 e. The van der Waals surface area contributed by atoms with Gasteiger partial charge in [-0.05, 0) is 51.0 Å².